The smallest absolute Gasteiger partial charge is 0.410 e. The largest absolute Gasteiger partial charge is 0.444 e. The Morgan fingerprint density at radius 3 is 2.57 bits per heavy atom. The number of nitrogens with zero attached hydrogens (tertiary/aromatic N) is 2. The van der Waals surface area contributed by atoms with Gasteiger partial charge in [-0.25, -0.2) is 4.79 Å². The Labute approximate surface area is 141 Å². The van der Waals surface area contributed by atoms with Crippen molar-refractivity contribution in [2.24, 2.45) is 5.92 Å². The molecule has 2 aliphatic rings. The van der Waals surface area contributed by atoms with E-state index in [1.807, 2.05) is 25.7 Å². The number of piperazine rings is 1. The van der Waals surface area contributed by atoms with Crippen molar-refractivity contribution in [2.45, 2.75) is 45.6 Å². The zero-order valence-electron chi connectivity index (χ0n) is 15.0. The number of carbonyl (C=O) groups excluding carboxylic acids is 1. The van der Waals surface area contributed by atoms with Gasteiger partial charge in [-0.1, -0.05) is 12.2 Å². The van der Waals surface area contributed by atoms with Crippen LogP contribution >= 0.6 is 0 Å². The zero-order chi connectivity index (χ0) is 16.7. The molecule has 0 aromatic rings. The number of rotatable bonds is 5. The second-order valence-corrected chi connectivity index (χ2v) is 7.66. The standard InChI is InChI=1S/C18H33N3O2/c1-18(2,3)23-17(22)21-13-11-20(12-14-21)10-9-19-15-16-7-5-4-6-8-16/h4-5,16,19H,6-15H2,1-3H3. The van der Waals surface area contributed by atoms with Gasteiger partial charge in [0.15, 0.2) is 0 Å². The molecule has 0 aromatic carbocycles. The predicted octanol–water partition coefficient (Wildman–Crippen LogP) is 2.49. The molecular formula is C18H33N3O2. The van der Waals surface area contributed by atoms with Crippen LogP contribution in [0, 0.1) is 5.92 Å². The molecule has 1 unspecified atom stereocenters. The number of nitrogens with one attached hydrogen (secondary N) is 1. The van der Waals surface area contributed by atoms with Crippen molar-refractivity contribution in [3.05, 3.63) is 12.2 Å². The number of ether oxygens (including phenoxy) is 1. The van der Waals surface area contributed by atoms with Crippen molar-refractivity contribution in [2.75, 3.05) is 45.8 Å². The fourth-order valence-corrected chi connectivity index (χ4v) is 3.07. The first-order valence-corrected chi connectivity index (χ1v) is 9.00. The zero-order valence-corrected chi connectivity index (χ0v) is 15.0. The summed E-state index contributed by atoms with van der Waals surface area (Å²) in [7, 11) is 0. The van der Waals surface area contributed by atoms with Crippen molar-refractivity contribution in [1.29, 1.82) is 0 Å². The molecule has 0 aromatic heterocycles. The molecule has 2 rings (SSSR count). The maximum absolute atomic E-state index is 12.0. The Balaban J connectivity index is 1.56. The summed E-state index contributed by atoms with van der Waals surface area (Å²) < 4.78 is 5.43. The number of carbonyl (C=O) groups is 1. The molecule has 0 bridgehead atoms. The van der Waals surface area contributed by atoms with Crippen LogP contribution in [0.15, 0.2) is 12.2 Å². The van der Waals surface area contributed by atoms with Gasteiger partial charge in [-0.15, -0.1) is 0 Å². The molecule has 23 heavy (non-hydrogen) atoms. The van der Waals surface area contributed by atoms with E-state index in [4.69, 9.17) is 4.74 Å². The third-order valence-corrected chi connectivity index (χ3v) is 4.44. The van der Waals surface area contributed by atoms with Crippen molar-refractivity contribution in [3.8, 4) is 0 Å². The molecule has 1 heterocycles. The molecule has 1 amide bonds. The van der Waals surface area contributed by atoms with Crippen LogP contribution in [0.25, 0.3) is 0 Å². The molecule has 1 fully saturated rings. The minimum absolute atomic E-state index is 0.180. The summed E-state index contributed by atoms with van der Waals surface area (Å²) >= 11 is 0. The topological polar surface area (TPSA) is 44.8 Å². The first-order valence-electron chi connectivity index (χ1n) is 9.00. The summed E-state index contributed by atoms with van der Waals surface area (Å²) in [6.45, 7) is 12.4. The van der Waals surface area contributed by atoms with E-state index in [1.165, 1.54) is 19.3 Å². The highest BCUT2D eigenvalue weighted by Gasteiger charge is 2.25. The lowest BCUT2D eigenvalue weighted by Gasteiger charge is -2.35. The quantitative estimate of drug-likeness (QED) is 0.624. The Morgan fingerprint density at radius 1 is 1.22 bits per heavy atom. The molecule has 0 saturated carbocycles. The number of hydrogen-bond donors (Lipinski definition) is 1. The number of amides is 1. The fraction of sp³-hybridized carbons (Fsp3) is 0.833. The average Bonchev–Trinajstić information content (AvgIpc) is 2.51. The van der Waals surface area contributed by atoms with Crippen LogP contribution < -0.4 is 5.32 Å². The first kappa shape index (κ1) is 18.3. The Bertz CT molecular complexity index is 396. The lowest BCUT2D eigenvalue weighted by molar-refractivity contribution is 0.0146. The van der Waals surface area contributed by atoms with Crippen LogP contribution in [-0.2, 0) is 4.74 Å². The molecular weight excluding hydrogens is 290 g/mol. The lowest BCUT2D eigenvalue weighted by Crippen LogP contribution is -2.51. The average molecular weight is 323 g/mol. The minimum atomic E-state index is -0.410. The van der Waals surface area contributed by atoms with E-state index in [2.05, 4.69) is 22.4 Å². The molecule has 1 saturated heterocycles. The molecule has 1 atom stereocenters. The van der Waals surface area contributed by atoms with E-state index in [0.717, 1.165) is 51.7 Å². The van der Waals surface area contributed by atoms with E-state index in [0.29, 0.717) is 0 Å². The summed E-state index contributed by atoms with van der Waals surface area (Å²) in [5.41, 5.74) is -0.410. The third-order valence-electron chi connectivity index (χ3n) is 4.44. The van der Waals surface area contributed by atoms with Gasteiger partial charge in [0, 0.05) is 39.3 Å². The molecule has 5 nitrogen and oxygen atoms in total. The number of hydrogen-bond acceptors (Lipinski definition) is 4. The summed E-state index contributed by atoms with van der Waals surface area (Å²) in [5, 5.41) is 3.59. The molecule has 1 aliphatic carbocycles. The first-order chi connectivity index (χ1) is 10.9. The van der Waals surface area contributed by atoms with E-state index >= 15 is 0 Å². The predicted molar refractivity (Wildman–Crippen MR) is 93.6 cm³/mol. The van der Waals surface area contributed by atoms with Gasteiger partial charge in [-0.3, -0.25) is 4.90 Å². The van der Waals surface area contributed by atoms with Crippen molar-refractivity contribution < 1.29 is 9.53 Å². The highest BCUT2D eigenvalue weighted by atomic mass is 16.6. The van der Waals surface area contributed by atoms with Crippen LogP contribution in [0.3, 0.4) is 0 Å². The highest BCUT2D eigenvalue weighted by Crippen LogP contribution is 2.16. The summed E-state index contributed by atoms with van der Waals surface area (Å²) in [6, 6.07) is 0. The summed E-state index contributed by atoms with van der Waals surface area (Å²) in [5.74, 6) is 0.809. The van der Waals surface area contributed by atoms with E-state index in [-0.39, 0.29) is 6.09 Å². The second kappa shape index (κ2) is 8.69. The Morgan fingerprint density at radius 2 is 1.96 bits per heavy atom. The third kappa shape index (κ3) is 6.92. The van der Waals surface area contributed by atoms with Gasteiger partial charge in [0.25, 0.3) is 0 Å². The summed E-state index contributed by atoms with van der Waals surface area (Å²) in [4.78, 5) is 16.3. The molecule has 0 spiro atoms. The molecule has 0 radical (unpaired) electrons. The van der Waals surface area contributed by atoms with E-state index < -0.39 is 5.60 Å². The SMILES string of the molecule is CC(C)(C)OC(=O)N1CCN(CCNCC2CC=CCC2)CC1. The lowest BCUT2D eigenvalue weighted by atomic mass is 9.94. The summed E-state index contributed by atoms with van der Waals surface area (Å²) in [6.07, 6.45) is 8.20. The van der Waals surface area contributed by atoms with Crippen LogP contribution in [0.2, 0.25) is 0 Å². The fourth-order valence-electron chi connectivity index (χ4n) is 3.07. The van der Waals surface area contributed by atoms with Crippen molar-refractivity contribution in [1.82, 2.24) is 15.1 Å². The van der Waals surface area contributed by atoms with Gasteiger partial charge in [-0.2, -0.15) is 0 Å². The van der Waals surface area contributed by atoms with Crippen LogP contribution in [-0.4, -0.2) is 67.3 Å². The van der Waals surface area contributed by atoms with Gasteiger partial charge < -0.3 is 15.0 Å². The van der Waals surface area contributed by atoms with E-state index in [9.17, 15) is 4.79 Å². The second-order valence-electron chi connectivity index (χ2n) is 7.66. The normalized spacial score (nSPS) is 23.1. The van der Waals surface area contributed by atoms with Gasteiger partial charge in [0.1, 0.15) is 5.60 Å². The Kier molecular flexibility index (Phi) is 6.90. The van der Waals surface area contributed by atoms with Crippen LogP contribution in [0.5, 0.6) is 0 Å². The van der Waals surface area contributed by atoms with Crippen molar-refractivity contribution in [3.63, 3.8) is 0 Å². The molecule has 132 valence electrons. The maximum atomic E-state index is 12.0. The van der Waals surface area contributed by atoms with Crippen LogP contribution in [0.4, 0.5) is 4.79 Å². The molecule has 1 aliphatic heterocycles. The Hall–Kier alpha value is -1.07. The van der Waals surface area contributed by atoms with Crippen molar-refractivity contribution >= 4 is 6.09 Å². The number of allylic oxidation sites excluding steroid dienone is 2. The minimum Gasteiger partial charge on any atom is -0.444 e. The van der Waals surface area contributed by atoms with Gasteiger partial charge in [0.2, 0.25) is 0 Å². The van der Waals surface area contributed by atoms with Gasteiger partial charge >= 0.3 is 6.09 Å². The monoisotopic (exact) mass is 323 g/mol. The van der Waals surface area contributed by atoms with Gasteiger partial charge in [-0.05, 0) is 52.5 Å². The van der Waals surface area contributed by atoms with E-state index in [1.54, 1.807) is 0 Å². The highest BCUT2D eigenvalue weighted by molar-refractivity contribution is 5.68. The molecule has 5 heteroatoms. The molecule has 1 N–H and O–H groups in total. The van der Waals surface area contributed by atoms with Gasteiger partial charge in [0.05, 0.1) is 0 Å². The van der Waals surface area contributed by atoms with Crippen LogP contribution in [0.1, 0.15) is 40.0 Å². The maximum Gasteiger partial charge on any atom is 0.410 e.